The average Bonchev–Trinajstić information content (AvgIpc) is 2.70. The van der Waals surface area contributed by atoms with E-state index in [0.717, 1.165) is 5.56 Å². The molecule has 1 amide bonds. The van der Waals surface area contributed by atoms with Crippen LogP contribution >= 0.6 is 11.6 Å². The molecule has 0 fully saturated rings. The number of rotatable bonds is 11. The van der Waals surface area contributed by atoms with Crippen LogP contribution in [0.4, 0.5) is 0 Å². The molecule has 1 N–H and O–H groups in total. The predicted molar refractivity (Wildman–Crippen MR) is 113 cm³/mol. The second kappa shape index (κ2) is 11.5. The largest absolute Gasteiger partial charge is 0.493 e. The molecule has 0 aromatic heterocycles. The number of nitrogens with one attached hydrogen (secondary N) is 1. The zero-order valence-electron chi connectivity index (χ0n) is 17.2. The van der Waals surface area contributed by atoms with Crippen molar-refractivity contribution in [2.24, 2.45) is 0 Å². The summed E-state index contributed by atoms with van der Waals surface area (Å²) < 4.78 is 22.0. The summed E-state index contributed by atoms with van der Waals surface area (Å²) in [7, 11) is 3.09. The van der Waals surface area contributed by atoms with Crippen molar-refractivity contribution < 1.29 is 23.7 Å². The van der Waals surface area contributed by atoms with Crippen LogP contribution in [0.2, 0.25) is 5.02 Å². The molecule has 0 aliphatic carbocycles. The summed E-state index contributed by atoms with van der Waals surface area (Å²) in [5.41, 5.74) is 1.03. The topological polar surface area (TPSA) is 66.0 Å². The van der Waals surface area contributed by atoms with E-state index in [0.29, 0.717) is 35.2 Å². The third-order valence-electron chi connectivity index (χ3n) is 4.10. The molecular formula is C22H28ClNO5. The molecule has 0 aliphatic heterocycles. The van der Waals surface area contributed by atoms with Crippen LogP contribution in [0.25, 0.3) is 0 Å². The van der Waals surface area contributed by atoms with Crippen molar-refractivity contribution in [1.82, 2.24) is 5.32 Å². The third kappa shape index (κ3) is 7.48. The molecule has 7 heteroatoms. The fourth-order valence-electron chi connectivity index (χ4n) is 2.62. The Morgan fingerprint density at radius 3 is 2.41 bits per heavy atom. The summed E-state index contributed by atoms with van der Waals surface area (Å²) in [5.74, 6) is 1.77. The minimum absolute atomic E-state index is 0.0649. The van der Waals surface area contributed by atoms with Gasteiger partial charge in [0.05, 0.1) is 13.2 Å². The van der Waals surface area contributed by atoms with Crippen molar-refractivity contribution in [3.63, 3.8) is 0 Å². The lowest BCUT2D eigenvalue weighted by molar-refractivity contribution is -0.132. The zero-order chi connectivity index (χ0) is 21.2. The molecule has 2 rings (SSSR count). The van der Waals surface area contributed by atoms with Gasteiger partial charge < -0.3 is 24.3 Å². The van der Waals surface area contributed by atoms with E-state index < -0.39 is 6.10 Å². The summed E-state index contributed by atoms with van der Waals surface area (Å²) in [6, 6.07) is 12.7. The van der Waals surface area contributed by atoms with Crippen LogP contribution in [0.1, 0.15) is 19.4 Å². The Bertz CT molecular complexity index is 779. The first-order chi connectivity index (χ1) is 13.9. The van der Waals surface area contributed by atoms with E-state index in [2.05, 4.69) is 5.32 Å². The van der Waals surface area contributed by atoms with Crippen LogP contribution in [0.5, 0.6) is 17.2 Å². The van der Waals surface area contributed by atoms with Crippen LogP contribution in [0, 0.1) is 0 Å². The standard InChI is InChI=1S/C22H28ClNO5/c1-15(2)29-19-10-5-16(13-20(19)26-3)11-12-24-22(25)21(27-4)14-28-18-8-6-17(23)7-9-18/h5-10,13,15,21H,11-12,14H2,1-4H3,(H,24,25)/t21-/m1/s1. The van der Waals surface area contributed by atoms with Crippen molar-refractivity contribution in [1.29, 1.82) is 0 Å². The molecule has 0 bridgehead atoms. The Balaban J connectivity index is 1.83. The monoisotopic (exact) mass is 421 g/mol. The molecule has 158 valence electrons. The molecule has 2 aromatic carbocycles. The van der Waals surface area contributed by atoms with Crippen LogP contribution in [-0.4, -0.2) is 45.5 Å². The Morgan fingerprint density at radius 1 is 1.07 bits per heavy atom. The van der Waals surface area contributed by atoms with Gasteiger partial charge in [0.25, 0.3) is 5.91 Å². The van der Waals surface area contributed by atoms with Gasteiger partial charge in [-0.3, -0.25) is 4.79 Å². The number of methoxy groups -OCH3 is 2. The molecule has 0 saturated carbocycles. The normalized spacial score (nSPS) is 11.8. The lowest BCUT2D eigenvalue weighted by Gasteiger charge is -2.17. The van der Waals surface area contributed by atoms with E-state index in [1.54, 1.807) is 31.4 Å². The highest BCUT2D eigenvalue weighted by molar-refractivity contribution is 6.30. The first-order valence-electron chi connectivity index (χ1n) is 9.45. The molecule has 6 nitrogen and oxygen atoms in total. The average molecular weight is 422 g/mol. The van der Waals surface area contributed by atoms with Gasteiger partial charge in [0, 0.05) is 18.7 Å². The molecule has 29 heavy (non-hydrogen) atoms. The fourth-order valence-corrected chi connectivity index (χ4v) is 2.74. The maximum Gasteiger partial charge on any atom is 0.252 e. The Labute approximate surface area is 177 Å². The van der Waals surface area contributed by atoms with Gasteiger partial charge in [-0.25, -0.2) is 0 Å². The van der Waals surface area contributed by atoms with Gasteiger partial charge in [0.15, 0.2) is 17.6 Å². The molecular weight excluding hydrogens is 394 g/mol. The number of hydrogen-bond acceptors (Lipinski definition) is 5. The van der Waals surface area contributed by atoms with Crippen molar-refractivity contribution in [3.05, 3.63) is 53.1 Å². The SMILES string of the molecule is COc1cc(CCNC(=O)[C@@H](COc2ccc(Cl)cc2)OC)ccc1OC(C)C. The second-order valence-corrected chi connectivity index (χ2v) is 7.12. The van der Waals surface area contributed by atoms with Crippen molar-refractivity contribution >= 4 is 17.5 Å². The third-order valence-corrected chi connectivity index (χ3v) is 4.35. The van der Waals surface area contributed by atoms with Gasteiger partial charge in [-0.15, -0.1) is 0 Å². The van der Waals surface area contributed by atoms with E-state index in [4.69, 9.17) is 30.5 Å². The first-order valence-corrected chi connectivity index (χ1v) is 9.83. The molecule has 0 aliphatic rings. The van der Waals surface area contributed by atoms with Gasteiger partial charge in [0.1, 0.15) is 12.4 Å². The van der Waals surface area contributed by atoms with Crippen LogP contribution in [0.3, 0.4) is 0 Å². The van der Waals surface area contributed by atoms with E-state index >= 15 is 0 Å². The van der Waals surface area contributed by atoms with Crippen LogP contribution in [0.15, 0.2) is 42.5 Å². The van der Waals surface area contributed by atoms with E-state index in [1.165, 1.54) is 7.11 Å². The van der Waals surface area contributed by atoms with Gasteiger partial charge >= 0.3 is 0 Å². The van der Waals surface area contributed by atoms with Crippen molar-refractivity contribution in [2.45, 2.75) is 32.5 Å². The van der Waals surface area contributed by atoms with Crippen LogP contribution in [-0.2, 0) is 16.0 Å². The Hall–Kier alpha value is -2.44. The maximum absolute atomic E-state index is 12.4. The minimum atomic E-state index is -0.706. The van der Waals surface area contributed by atoms with Crippen molar-refractivity contribution in [3.8, 4) is 17.2 Å². The van der Waals surface area contributed by atoms with E-state index in [-0.39, 0.29) is 18.6 Å². The highest BCUT2D eigenvalue weighted by Crippen LogP contribution is 2.29. The van der Waals surface area contributed by atoms with Gasteiger partial charge in [-0.1, -0.05) is 17.7 Å². The molecule has 0 spiro atoms. The highest BCUT2D eigenvalue weighted by Gasteiger charge is 2.18. The Kier molecular flexibility index (Phi) is 9.09. The Morgan fingerprint density at radius 2 is 1.79 bits per heavy atom. The highest BCUT2D eigenvalue weighted by atomic mass is 35.5. The quantitative estimate of drug-likeness (QED) is 0.596. The van der Waals surface area contributed by atoms with Crippen molar-refractivity contribution in [2.75, 3.05) is 27.4 Å². The summed E-state index contributed by atoms with van der Waals surface area (Å²) in [6.45, 7) is 4.50. The lowest BCUT2D eigenvalue weighted by atomic mass is 10.1. The molecule has 2 aromatic rings. The summed E-state index contributed by atoms with van der Waals surface area (Å²) in [6.07, 6.45) is 0.00979. The van der Waals surface area contributed by atoms with E-state index in [1.807, 2.05) is 32.0 Å². The summed E-state index contributed by atoms with van der Waals surface area (Å²) in [5, 5.41) is 3.50. The number of carbonyl (C=O) groups excluding carboxylic acids is 1. The lowest BCUT2D eigenvalue weighted by Crippen LogP contribution is -2.40. The summed E-state index contributed by atoms with van der Waals surface area (Å²) >= 11 is 5.85. The summed E-state index contributed by atoms with van der Waals surface area (Å²) in [4.78, 5) is 12.4. The number of amides is 1. The predicted octanol–water partition coefficient (Wildman–Crippen LogP) is 3.89. The number of ether oxygens (including phenoxy) is 4. The number of carbonyl (C=O) groups is 1. The smallest absolute Gasteiger partial charge is 0.252 e. The zero-order valence-corrected chi connectivity index (χ0v) is 18.0. The van der Waals surface area contributed by atoms with Crippen LogP contribution < -0.4 is 19.5 Å². The molecule has 0 heterocycles. The number of benzene rings is 2. The number of halogens is 1. The maximum atomic E-state index is 12.4. The van der Waals surface area contributed by atoms with E-state index in [9.17, 15) is 4.79 Å². The minimum Gasteiger partial charge on any atom is -0.493 e. The number of hydrogen-bond donors (Lipinski definition) is 1. The molecule has 1 atom stereocenters. The molecule has 0 radical (unpaired) electrons. The first kappa shape index (κ1) is 22.8. The second-order valence-electron chi connectivity index (χ2n) is 6.68. The molecule has 0 unspecified atom stereocenters. The molecule has 0 saturated heterocycles. The van der Waals surface area contributed by atoms with Gasteiger partial charge in [0.2, 0.25) is 0 Å². The van der Waals surface area contributed by atoms with Gasteiger partial charge in [-0.2, -0.15) is 0 Å². The van der Waals surface area contributed by atoms with Gasteiger partial charge in [-0.05, 0) is 62.2 Å². The fraction of sp³-hybridized carbons (Fsp3) is 0.409.